The average molecular weight is 378 g/mol. The Morgan fingerprint density at radius 3 is 2.56 bits per heavy atom. The van der Waals surface area contributed by atoms with Crippen LogP contribution in [0.25, 0.3) is 16.9 Å². The van der Waals surface area contributed by atoms with E-state index in [0.717, 1.165) is 22.6 Å². The van der Waals surface area contributed by atoms with Gasteiger partial charge in [-0.15, -0.1) is 0 Å². The molecule has 0 spiro atoms. The van der Waals surface area contributed by atoms with Crippen molar-refractivity contribution in [3.8, 4) is 17.0 Å². The van der Waals surface area contributed by atoms with Gasteiger partial charge in [0.25, 0.3) is 0 Å². The van der Waals surface area contributed by atoms with Crippen molar-refractivity contribution in [2.75, 3.05) is 5.32 Å². The molecule has 0 atom stereocenters. The van der Waals surface area contributed by atoms with E-state index in [1.54, 1.807) is 30.3 Å². The minimum atomic E-state index is -0.239. The van der Waals surface area contributed by atoms with Gasteiger partial charge >= 0.3 is 0 Å². The Bertz CT molecular complexity index is 1120. The van der Waals surface area contributed by atoms with E-state index < -0.39 is 0 Å². The molecule has 4 rings (SSSR count). The summed E-state index contributed by atoms with van der Waals surface area (Å²) in [5.41, 5.74) is 3.51. The number of pyridine rings is 1. The number of imidazole rings is 1. The van der Waals surface area contributed by atoms with Crippen LogP contribution in [0, 0.1) is 0 Å². The predicted molar refractivity (Wildman–Crippen MR) is 106 cm³/mol. The second-order valence-electron chi connectivity index (χ2n) is 6.08. The van der Waals surface area contributed by atoms with Gasteiger partial charge in [0, 0.05) is 16.8 Å². The van der Waals surface area contributed by atoms with Gasteiger partial charge in [0.15, 0.2) is 0 Å². The van der Waals surface area contributed by atoms with Gasteiger partial charge in [-0.2, -0.15) is 0 Å². The summed E-state index contributed by atoms with van der Waals surface area (Å²) in [6.45, 7) is 0. The van der Waals surface area contributed by atoms with Gasteiger partial charge in [0.1, 0.15) is 11.4 Å². The molecule has 0 saturated heterocycles. The Morgan fingerprint density at radius 2 is 1.78 bits per heavy atom. The lowest BCUT2D eigenvalue weighted by molar-refractivity contribution is -0.115. The molecule has 0 aliphatic carbocycles. The average Bonchev–Trinajstić information content (AvgIpc) is 3.03. The van der Waals surface area contributed by atoms with Crippen LogP contribution in [0.5, 0.6) is 5.75 Å². The number of carbonyl (C=O) groups excluding carboxylic acids is 1. The number of para-hydroxylation sites is 2. The molecular weight excluding hydrogens is 362 g/mol. The van der Waals surface area contributed by atoms with Crippen LogP contribution >= 0.6 is 11.6 Å². The summed E-state index contributed by atoms with van der Waals surface area (Å²) in [7, 11) is 0. The summed E-state index contributed by atoms with van der Waals surface area (Å²) in [6, 6.07) is 19.7. The van der Waals surface area contributed by atoms with Crippen molar-refractivity contribution in [1.82, 2.24) is 9.38 Å². The Balaban J connectivity index is 1.71. The maximum absolute atomic E-state index is 12.6. The molecule has 0 unspecified atom stereocenters. The summed E-state index contributed by atoms with van der Waals surface area (Å²) in [5.74, 6) is -0.209. The first-order valence-corrected chi connectivity index (χ1v) is 8.79. The second-order valence-corrected chi connectivity index (χ2v) is 6.52. The van der Waals surface area contributed by atoms with Crippen molar-refractivity contribution in [2.24, 2.45) is 0 Å². The van der Waals surface area contributed by atoms with Gasteiger partial charge in [-0.05, 0) is 36.4 Å². The van der Waals surface area contributed by atoms with Gasteiger partial charge in [0.05, 0.1) is 23.5 Å². The molecule has 0 saturated carbocycles. The molecule has 4 aromatic rings. The number of fused-ring (bicyclic) bond motifs is 1. The number of benzene rings is 2. The minimum absolute atomic E-state index is 0.0296. The van der Waals surface area contributed by atoms with Crippen LogP contribution < -0.4 is 5.32 Å². The highest BCUT2D eigenvalue weighted by atomic mass is 35.5. The number of nitrogens with one attached hydrogen (secondary N) is 1. The monoisotopic (exact) mass is 377 g/mol. The summed E-state index contributed by atoms with van der Waals surface area (Å²) < 4.78 is 1.90. The minimum Gasteiger partial charge on any atom is -0.506 e. The lowest BCUT2D eigenvalue weighted by Gasteiger charge is -2.08. The molecule has 2 aromatic heterocycles. The number of aromatic hydroxyl groups is 1. The fourth-order valence-electron chi connectivity index (χ4n) is 2.98. The second kappa shape index (κ2) is 7.13. The van der Waals surface area contributed by atoms with Crippen molar-refractivity contribution in [3.05, 3.63) is 83.6 Å². The number of phenols is 1. The highest BCUT2D eigenvalue weighted by molar-refractivity contribution is 6.30. The number of amides is 1. The molecule has 0 fully saturated rings. The Kier molecular flexibility index (Phi) is 4.52. The summed E-state index contributed by atoms with van der Waals surface area (Å²) in [6.07, 6.45) is 1.99. The number of anilines is 1. The van der Waals surface area contributed by atoms with E-state index in [1.165, 1.54) is 6.07 Å². The maximum Gasteiger partial charge on any atom is 0.230 e. The Hall–Kier alpha value is -3.31. The molecule has 134 valence electrons. The van der Waals surface area contributed by atoms with E-state index in [-0.39, 0.29) is 18.1 Å². The van der Waals surface area contributed by atoms with E-state index >= 15 is 0 Å². The summed E-state index contributed by atoms with van der Waals surface area (Å²) >= 11 is 5.99. The summed E-state index contributed by atoms with van der Waals surface area (Å²) in [5, 5.41) is 13.3. The van der Waals surface area contributed by atoms with Crippen LogP contribution in [0.2, 0.25) is 5.02 Å². The standard InChI is InChI=1S/C21H16ClN3O2/c22-15-10-8-14(9-11-15)21-17(25-12-4-3-7-19(25)24-21)13-20(27)23-16-5-1-2-6-18(16)26/h1-12,26H,13H2,(H,23,27). The molecule has 27 heavy (non-hydrogen) atoms. The van der Waals surface area contributed by atoms with Gasteiger partial charge in [-0.25, -0.2) is 4.98 Å². The molecule has 2 aromatic carbocycles. The van der Waals surface area contributed by atoms with Crippen molar-refractivity contribution in [1.29, 1.82) is 0 Å². The molecule has 0 aliphatic rings. The van der Waals surface area contributed by atoms with Crippen LogP contribution in [0.4, 0.5) is 5.69 Å². The molecule has 2 heterocycles. The normalized spacial score (nSPS) is 10.9. The zero-order valence-corrected chi connectivity index (χ0v) is 15.0. The van der Waals surface area contributed by atoms with Gasteiger partial charge in [-0.3, -0.25) is 4.79 Å². The smallest absolute Gasteiger partial charge is 0.230 e. The Labute approximate surface area is 160 Å². The van der Waals surface area contributed by atoms with Crippen molar-refractivity contribution < 1.29 is 9.90 Å². The van der Waals surface area contributed by atoms with E-state index in [0.29, 0.717) is 10.7 Å². The predicted octanol–water partition coefficient (Wildman–Crippen LogP) is 4.54. The van der Waals surface area contributed by atoms with Crippen molar-refractivity contribution >= 4 is 28.8 Å². The molecular formula is C21H16ClN3O2. The lowest BCUT2D eigenvalue weighted by atomic mass is 10.1. The van der Waals surface area contributed by atoms with E-state index in [9.17, 15) is 9.90 Å². The fraction of sp³-hybridized carbons (Fsp3) is 0.0476. The number of aromatic nitrogens is 2. The number of carbonyl (C=O) groups is 1. The first-order valence-electron chi connectivity index (χ1n) is 8.41. The van der Waals surface area contributed by atoms with Gasteiger partial charge in [-0.1, -0.05) is 41.9 Å². The van der Waals surface area contributed by atoms with Gasteiger partial charge in [0.2, 0.25) is 5.91 Å². The van der Waals surface area contributed by atoms with Crippen LogP contribution in [0.15, 0.2) is 72.9 Å². The van der Waals surface area contributed by atoms with Crippen LogP contribution in [0.3, 0.4) is 0 Å². The van der Waals surface area contributed by atoms with Crippen LogP contribution in [0.1, 0.15) is 5.69 Å². The third-order valence-electron chi connectivity index (χ3n) is 4.25. The summed E-state index contributed by atoms with van der Waals surface area (Å²) in [4.78, 5) is 17.3. The molecule has 0 radical (unpaired) electrons. The quantitative estimate of drug-likeness (QED) is 0.513. The molecule has 0 aliphatic heterocycles. The highest BCUT2D eigenvalue weighted by Gasteiger charge is 2.17. The fourth-order valence-corrected chi connectivity index (χ4v) is 3.11. The molecule has 5 nitrogen and oxygen atoms in total. The van der Waals surface area contributed by atoms with E-state index in [4.69, 9.17) is 11.6 Å². The van der Waals surface area contributed by atoms with Crippen molar-refractivity contribution in [2.45, 2.75) is 6.42 Å². The first kappa shape index (κ1) is 17.1. The number of halogens is 1. The maximum atomic E-state index is 12.6. The zero-order valence-electron chi connectivity index (χ0n) is 14.3. The molecule has 0 bridgehead atoms. The van der Waals surface area contributed by atoms with Crippen molar-refractivity contribution in [3.63, 3.8) is 0 Å². The number of nitrogens with zero attached hydrogens (tertiary/aromatic N) is 2. The third kappa shape index (κ3) is 3.50. The molecule has 1 amide bonds. The van der Waals surface area contributed by atoms with E-state index in [2.05, 4.69) is 10.3 Å². The molecule has 2 N–H and O–H groups in total. The third-order valence-corrected chi connectivity index (χ3v) is 4.50. The number of rotatable bonds is 4. The first-order chi connectivity index (χ1) is 13.1. The highest BCUT2D eigenvalue weighted by Crippen LogP contribution is 2.27. The molecule has 6 heteroatoms. The van der Waals surface area contributed by atoms with Crippen LogP contribution in [-0.4, -0.2) is 20.4 Å². The topological polar surface area (TPSA) is 66.6 Å². The van der Waals surface area contributed by atoms with E-state index in [1.807, 2.05) is 40.9 Å². The Morgan fingerprint density at radius 1 is 1.04 bits per heavy atom. The SMILES string of the molecule is O=C(Cc1c(-c2ccc(Cl)cc2)nc2ccccn12)Nc1ccccc1O. The number of hydrogen-bond donors (Lipinski definition) is 2. The zero-order chi connectivity index (χ0) is 18.8. The largest absolute Gasteiger partial charge is 0.506 e. The van der Waals surface area contributed by atoms with Crippen LogP contribution in [-0.2, 0) is 11.2 Å². The van der Waals surface area contributed by atoms with Gasteiger partial charge < -0.3 is 14.8 Å². The number of phenolic OH excluding ortho intramolecular Hbond substituents is 1. The number of hydrogen-bond acceptors (Lipinski definition) is 3. The lowest BCUT2D eigenvalue weighted by Crippen LogP contribution is -2.16.